The second-order valence-electron chi connectivity index (χ2n) is 4.24. The number of carboxylic acids is 1. The lowest BCUT2D eigenvalue weighted by molar-refractivity contribution is -0.131. The molecule has 0 aromatic heterocycles. The van der Waals surface area contributed by atoms with Crippen LogP contribution in [-0.4, -0.2) is 16.9 Å². The average Bonchev–Trinajstić information content (AvgIpc) is 2.42. The molecule has 5 heteroatoms. The zero-order valence-corrected chi connectivity index (χ0v) is 11.4. The highest BCUT2D eigenvalue weighted by Gasteiger charge is 2.18. The fourth-order valence-corrected chi connectivity index (χ4v) is 2.10. The van der Waals surface area contributed by atoms with E-state index in [0.29, 0.717) is 16.4 Å². The van der Waals surface area contributed by atoms with Crippen molar-refractivity contribution in [3.05, 3.63) is 58.6 Å². The average molecular weight is 290 g/mol. The van der Waals surface area contributed by atoms with Gasteiger partial charge in [0, 0.05) is 0 Å². The van der Waals surface area contributed by atoms with Crippen LogP contribution in [0, 0.1) is 6.92 Å². The van der Waals surface area contributed by atoms with Gasteiger partial charge < -0.3 is 10.4 Å². The van der Waals surface area contributed by atoms with Crippen LogP contribution < -0.4 is 5.32 Å². The first-order chi connectivity index (χ1) is 9.50. The highest BCUT2D eigenvalue weighted by molar-refractivity contribution is 6.41. The summed E-state index contributed by atoms with van der Waals surface area (Å²) in [5, 5.41) is 12.4. The molecule has 0 aliphatic heterocycles. The van der Waals surface area contributed by atoms with E-state index in [1.807, 2.05) is 19.1 Å². The van der Waals surface area contributed by atoms with Crippen molar-refractivity contribution in [1.82, 2.24) is 0 Å². The predicted molar refractivity (Wildman–Crippen MR) is 77.9 cm³/mol. The lowest BCUT2D eigenvalue weighted by Crippen LogP contribution is -2.14. The Kier molecular flexibility index (Phi) is 4.05. The lowest BCUT2D eigenvalue weighted by Gasteiger charge is -2.13. The van der Waals surface area contributed by atoms with Crippen molar-refractivity contribution in [1.29, 1.82) is 0 Å². The summed E-state index contributed by atoms with van der Waals surface area (Å²) >= 11 is 6.11. The second-order valence-corrected chi connectivity index (χ2v) is 4.64. The normalized spacial score (nSPS) is 10.1. The van der Waals surface area contributed by atoms with Crippen molar-refractivity contribution >= 4 is 34.7 Å². The zero-order chi connectivity index (χ0) is 14.7. The smallest absolute Gasteiger partial charge is 0.377 e. The van der Waals surface area contributed by atoms with E-state index in [0.717, 1.165) is 5.56 Å². The van der Waals surface area contributed by atoms with Crippen molar-refractivity contribution in [2.45, 2.75) is 6.92 Å². The lowest BCUT2D eigenvalue weighted by atomic mass is 10.1. The van der Waals surface area contributed by atoms with Crippen LogP contribution in [-0.2, 0) is 4.79 Å². The minimum absolute atomic E-state index is 0.0966. The van der Waals surface area contributed by atoms with Crippen LogP contribution in [0.2, 0.25) is 5.02 Å². The number of halogens is 1. The van der Waals surface area contributed by atoms with Crippen LogP contribution in [0.1, 0.15) is 15.9 Å². The van der Waals surface area contributed by atoms with Crippen molar-refractivity contribution < 1.29 is 14.7 Å². The van der Waals surface area contributed by atoms with Gasteiger partial charge in [-0.15, -0.1) is 0 Å². The quantitative estimate of drug-likeness (QED) is 0.666. The molecular weight excluding hydrogens is 278 g/mol. The number of carboxylic acid groups (broad SMARTS) is 1. The number of aliphatic carboxylic acids is 1. The van der Waals surface area contributed by atoms with E-state index >= 15 is 0 Å². The molecule has 2 N–H and O–H groups in total. The Labute approximate surface area is 121 Å². The molecule has 0 aliphatic carbocycles. The SMILES string of the molecule is Cc1cccc(Cl)c1Nc1ccccc1C(=O)C(=O)O. The molecule has 102 valence electrons. The molecule has 0 heterocycles. The molecule has 0 amide bonds. The number of hydrogen-bond donors (Lipinski definition) is 2. The number of nitrogens with one attached hydrogen (secondary N) is 1. The Morgan fingerprint density at radius 2 is 1.80 bits per heavy atom. The van der Waals surface area contributed by atoms with E-state index in [-0.39, 0.29) is 5.56 Å². The topological polar surface area (TPSA) is 66.4 Å². The molecule has 0 unspecified atom stereocenters. The van der Waals surface area contributed by atoms with Crippen LogP contribution in [0.25, 0.3) is 0 Å². The number of rotatable bonds is 4. The maximum atomic E-state index is 11.7. The Balaban J connectivity index is 2.45. The number of benzene rings is 2. The number of Topliss-reactive ketones (excluding diaryl/α,β-unsaturated/α-hetero) is 1. The maximum Gasteiger partial charge on any atom is 0.377 e. The van der Waals surface area contributed by atoms with Crippen molar-refractivity contribution in [3.8, 4) is 0 Å². The molecule has 0 aliphatic rings. The van der Waals surface area contributed by atoms with Crippen LogP contribution in [0.3, 0.4) is 0 Å². The van der Waals surface area contributed by atoms with E-state index in [1.54, 1.807) is 24.3 Å². The summed E-state index contributed by atoms with van der Waals surface area (Å²) in [6, 6.07) is 11.8. The summed E-state index contributed by atoms with van der Waals surface area (Å²) in [7, 11) is 0. The molecule has 0 saturated carbocycles. The highest BCUT2D eigenvalue weighted by Crippen LogP contribution is 2.30. The number of hydrogen-bond acceptors (Lipinski definition) is 3. The first kappa shape index (κ1) is 14.1. The summed E-state index contributed by atoms with van der Waals surface area (Å²) in [6.07, 6.45) is 0. The van der Waals surface area contributed by atoms with E-state index in [1.165, 1.54) is 6.07 Å². The maximum absolute atomic E-state index is 11.7. The van der Waals surface area contributed by atoms with Gasteiger partial charge in [-0.2, -0.15) is 0 Å². The van der Waals surface area contributed by atoms with Gasteiger partial charge in [0.2, 0.25) is 0 Å². The molecular formula is C15H12ClNO3. The van der Waals surface area contributed by atoms with Gasteiger partial charge in [-0.25, -0.2) is 4.79 Å². The van der Waals surface area contributed by atoms with Crippen LogP contribution >= 0.6 is 11.6 Å². The number of carbonyl (C=O) groups excluding carboxylic acids is 1. The summed E-state index contributed by atoms with van der Waals surface area (Å²) in [6.45, 7) is 1.87. The molecule has 0 radical (unpaired) electrons. The molecule has 0 fully saturated rings. The van der Waals surface area contributed by atoms with Crippen LogP contribution in [0.5, 0.6) is 0 Å². The van der Waals surface area contributed by atoms with Crippen LogP contribution in [0.15, 0.2) is 42.5 Å². The van der Waals surface area contributed by atoms with Gasteiger partial charge >= 0.3 is 5.97 Å². The number of carbonyl (C=O) groups is 2. The summed E-state index contributed by atoms with van der Waals surface area (Å²) in [5.41, 5.74) is 2.06. The van der Waals surface area contributed by atoms with Crippen molar-refractivity contribution in [2.75, 3.05) is 5.32 Å². The summed E-state index contributed by atoms with van der Waals surface area (Å²) < 4.78 is 0. The molecule has 4 nitrogen and oxygen atoms in total. The third kappa shape index (κ3) is 2.81. The molecule has 2 aromatic rings. The van der Waals surface area contributed by atoms with Gasteiger partial charge in [0.1, 0.15) is 0 Å². The largest absolute Gasteiger partial charge is 0.475 e. The summed E-state index contributed by atoms with van der Waals surface area (Å²) in [4.78, 5) is 22.5. The van der Waals surface area contributed by atoms with E-state index in [4.69, 9.17) is 16.7 Å². The summed E-state index contributed by atoms with van der Waals surface area (Å²) in [5.74, 6) is -2.45. The van der Waals surface area contributed by atoms with Gasteiger partial charge in [-0.3, -0.25) is 4.79 Å². The standard InChI is InChI=1S/C15H12ClNO3/c1-9-5-4-7-11(16)13(9)17-12-8-3-2-6-10(12)14(18)15(19)20/h2-8,17H,1H3,(H,19,20). The van der Waals surface area contributed by atoms with E-state index < -0.39 is 11.8 Å². The molecule has 2 aromatic carbocycles. The van der Waals surface area contributed by atoms with E-state index in [2.05, 4.69) is 5.32 Å². The highest BCUT2D eigenvalue weighted by atomic mass is 35.5. The van der Waals surface area contributed by atoms with Gasteiger partial charge in [0.05, 0.1) is 22.0 Å². The zero-order valence-electron chi connectivity index (χ0n) is 10.7. The van der Waals surface area contributed by atoms with Gasteiger partial charge in [-0.05, 0) is 30.7 Å². The van der Waals surface area contributed by atoms with Crippen molar-refractivity contribution in [3.63, 3.8) is 0 Å². The molecule has 20 heavy (non-hydrogen) atoms. The van der Waals surface area contributed by atoms with Gasteiger partial charge in [0.15, 0.2) is 0 Å². The number of anilines is 2. The fourth-order valence-electron chi connectivity index (χ4n) is 1.83. The number of ketones is 1. The Morgan fingerprint density at radius 1 is 1.10 bits per heavy atom. The third-order valence-electron chi connectivity index (χ3n) is 2.85. The number of aryl methyl sites for hydroxylation is 1. The molecule has 0 atom stereocenters. The van der Waals surface area contributed by atoms with Gasteiger partial charge in [0.25, 0.3) is 5.78 Å². The molecule has 2 rings (SSSR count). The first-order valence-corrected chi connectivity index (χ1v) is 6.27. The second kappa shape index (κ2) is 5.75. The molecule has 0 saturated heterocycles. The van der Waals surface area contributed by atoms with E-state index in [9.17, 15) is 9.59 Å². The molecule has 0 bridgehead atoms. The fraction of sp³-hybridized carbons (Fsp3) is 0.0667. The molecule has 0 spiro atoms. The Morgan fingerprint density at radius 3 is 2.45 bits per heavy atom. The predicted octanol–water partition coefficient (Wildman–Crippen LogP) is 3.66. The third-order valence-corrected chi connectivity index (χ3v) is 3.16. The number of para-hydroxylation sites is 2. The monoisotopic (exact) mass is 289 g/mol. The minimum Gasteiger partial charge on any atom is -0.475 e. The Hall–Kier alpha value is -2.33. The van der Waals surface area contributed by atoms with Gasteiger partial charge in [-0.1, -0.05) is 35.9 Å². The van der Waals surface area contributed by atoms with Crippen molar-refractivity contribution in [2.24, 2.45) is 0 Å². The first-order valence-electron chi connectivity index (χ1n) is 5.89. The Bertz CT molecular complexity index is 662. The minimum atomic E-state index is -1.49. The van der Waals surface area contributed by atoms with Crippen LogP contribution in [0.4, 0.5) is 11.4 Å².